The van der Waals surface area contributed by atoms with Crippen molar-refractivity contribution in [3.63, 3.8) is 0 Å². The average Bonchev–Trinajstić information content (AvgIpc) is 2.81. The van der Waals surface area contributed by atoms with Crippen LogP contribution in [0.15, 0.2) is 36.5 Å². The number of carbonyl (C=O) groups is 2. The number of hydrogen-bond donors (Lipinski definition) is 2. The van der Waals surface area contributed by atoms with Crippen molar-refractivity contribution in [2.45, 2.75) is 6.92 Å². The predicted molar refractivity (Wildman–Crippen MR) is 65.2 cm³/mol. The molecule has 0 radical (unpaired) electrons. The summed E-state index contributed by atoms with van der Waals surface area (Å²) in [5, 5.41) is 2.42. The summed E-state index contributed by atoms with van der Waals surface area (Å²) in [6.07, 6.45) is 1.44. The predicted octanol–water partition coefficient (Wildman–Crippen LogP) is 2.61. The fourth-order valence-corrected chi connectivity index (χ4v) is 1.48. The highest BCUT2D eigenvalue weighted by Gasteiger charge is 2.12. The molecule has 18 heavy (non-hydrogen) atoms. The third-order valence-corrected chi connectivity index (χ3v) is 2.46. The maximum Gasteiger partial charge on any atom is 0.272 e. The highest BCUT2D eigenvalue weighted by molar-refractivity contribution is 6.05. The molecule has 0 aliphatic heterocycles. The van der Waals surface area contributed by atoms with E-state index in [0.717, 1.165) is 0 Å². The average molecular weight is 246 g/mol. The molecule has 4 nitrogen and oxygen atoms in total. The van der Waals surface area contributed by atoms with Gasteiger partial charge in [-0.1, -0.05) is 12.1 Å². The van der Waals surface area contributed by atoms with E-state index in [2.05, 4.69) is 10.3 Å². The van der Waals surface area contributed by atoms with Gasteiger partial charge in [-0.25, -0.2) is 4.39 Å². The lowest BCUT2D eigenvalue weighted by Crippen LogP contribution is -2.13. The Balaban J connectivity index is 2.17. The summed E-state index contributed by atoms with van der Waals surface area (Å²) in [6, 6.07) is 7.30. The molecule has 1 amide bonds. The Hall–Kier alpha value is -2.43. The topological polar surface area (TPSA) is 62.0 Å². The van der Waals surface area contributed by atoms with E-state index in [4.69, 9.17) is 0 Å². The van der Waals surface area contributed by atoms with Gasteiger partial charge in [-0.05, 0) is 25.1 Å². The molecule has 92 valence electrons. The lowest BCUT2D eigenvalue weighted by molar-refractivity contribution is 0.101. The summed E-state index contributed by atoms with van der Waals surface area (Å²) >= 11 is 0. The van der Waals surface area contributed by atoms with Gasteiger partial charge in [0.15, 0.2) is 5.78 Å². The van der Waals surface area contributed by atoms with Gasteiger partial charge in [0.1, 0.15) is 11.5 Å². The van der Waals surface area contributed by atoms with Gasteiger partial charge in [-0.15, -0.1) is 0 Å². The lowest BCUT2D eigenvalue weighted by atomic mass is 10.2. The van der Waals surface area contributed by atoms with E-state index in [-0.39, 0.29) is 17.2 Å². The van der Waals surface area contributed by atoms with Crippen LogP contribution in [-0.2, 0) is 0 Å². The van der Waals surface area contributed by atoms with Crippen LogP contribution in [0.2, 0.25) is 0 Å². The number of aromatic amines is 1. The molecular formula is C13H11FN2O2. The fourth-order valence-electron chi connectivity index (χ4n) is 1.48. The van der Waals surface area contributed by atoms with E-state index in [9.17, 15) is 14.0 Å². The molecule has 0 unspecified atom stereocenters. The van der Waals surface area contributed by atoms with Gasteiger partial charge < -0.3 is 10.3 Å². The number of carbonyl (C=O) groups excluding carboxylic acids is 2. The quantitative estimate of drug-likeness (QED) is 0.818. The van der Waals surface area contributed by atoms with Gasteiger partial charge >= 0.3 is 0 Å². The maximum absolute atomic E-state index is 13.3. The van der Waals surface area contributed by atoms with Crippen LogP contribution in [0, 0.1) is 5.82 Å². The second kappa shape index (κ2) is 4.83. The van der Waals surface area contributed by atoms with Gasteiger partial charge in [-0.3, -0.25) is 9.59 Å². The number of hydrogen-bond acceptors (Lipinski definition) is 2. The SMILES string of the molecule is CC(=O)c1c[nH]c(C(=O)Nc2ccccc2F)c1. The zero-order valence-electron chi connectivity index (χ0n) is 9.66. The van der Waals surface area contributed by atoms with Gasteiger partial charge in [0.25, 0.3) is 5.91 Å². The number of benzene rings is 1. The molecule has 2 aromatic rings. The van der Waals surface area contributed by atoms with Crippen LogP contribution in [0.4, 0.5) is 10.1 Å². The number of nitrogens with one attached hydrogen (secondary N) is 2. The van der Waals surface area contributed by atoms with Crippen molar-refractivity contribution < 1.29 is 14.0 Å². The first-order chi connectivity index (χ1) is 8.58. The van der Waals surface area contributed by atoms with E-state index in [1.807, 2.05) is 0 Å². The maximum atomic E-state index is 13.3. The normalized spacial score (nSPS) is 10.1. The Labute approximate surface area is 103 Å². The van der Waals surface area contributed by atoms with Crippen molar-refractivity contribution in [3.05, 3.63) is 53.6 Å². The molecule has 0 saturated heterocycles. The minimum atomic E-state index is -0.510. The molecule has 5 heteroatoms. The number of anilines is 1. The third kappa shape index (κ3) is 2.45. The van der Waals surface area contributed by atoms with Crippen LogP contribution in [0.3, 0.4) is 0 Å². The van der Waals surface area contributed by atoms with Crippen LogP contribution >= 0.6 is 0 Å². The van der Waals surface area contributed by atoms with Crippen molar-refractivity contribution in [1.82, 2.24) is 4.98 Å². The third-order valence-electron chi connectivity index (χ3n) is 2.46. The van der Waals surface area contributed by atoms with E-state index < -0.39 is 11.7 Å². The number of Topliss-reactive ketones (excluding diaryl/α,β-unsaturated/α-hetero) is 1. The minimum Gasteiger partial charge on any atom is -0.356 e. The van der Waals surface area contributed by atoms with Gasteiger partial charge in [0.05, 0.1) is 5.69 Å². The molecule has 0 atom stereocenters. The number of amides is 1. The summed E-state index contributed by atoms with van der Waals surface area (Å²) < 4.78 is 13.3. The van der Waals surface area contributed by atoms with Crippen LogP contribution in [-0.4, -0.2) is 16.7 Å². The van der Waals surface area contributed by atoms with Gasteiger partial charge in [0, 0.05) is 11.8 Å². The highest BCUT2D eigenvalue weighted by Crippen LogP contribution is 2.14. The summed E-state index contributed by atoms with van der Waals surface area (Å²) in [5.74, 6) is -1.15. The number of rotatable bonds is 3. The van der Waals surface area contributed by atoms with E-state index in [0.29, 0.717) is 5.56 Å². The molecule has 1 heterocycles. The summed E-state index contributed by atoms with van der Waals surface area (Å²) in [4.78, 5) is 25.5. The van der Waals surface area contributed by atoms with Gasteiger partial charge in [0.2, 0.25) is 0 Å². The summed E-state index contributed by atoms with van der Waals surface area (Å²) in [7, 11) is 0. The molecule has 0 fully saturated rings. The Morgan fingerprint density at radius 3 is 2.61 bits per heavy atom. The first kappa shape index (κ1) is 12.0. The number of ketones is 1. The Bertz CT molecular complexity index is 605. The zero-order chi connectivity index (χ0) is 13.1. The van der Waals surface area contributed by atoms with Crippen LogP contribution in [0.25, 0.3) is 0 Å². The smallest absolute Gasteiger partial charge is 0.272 e. The molecule has 0 aliphatic carbocycles. The van der Waals surface area contributed by atoms with Crippen LogP contribution < -0.4 is 5.32 Å². The molecule has 1 aromatic heterocycles. The summed E-state index contributed by atoms with van der Waals surface area (Å²) in [5.41, 5.74) is 0.721. The molecule has 0 spiro atoms. The lowest BCUT2D eigenvalue weighted by Gasteiger charge is -2.04. The Morgan fingerprint density at radius 2 is 2.00 bits per heavy atom. The first-order valence-electron chi connectivity index (χ1n) is 5.33. The fraction of sp³-hybridized carbons (Fsp3) is 0.0769. The van der Waals surface area contributed by atoms with E-state index in [1.54, 1.807) is 6.07 Å². The van der Waals surface area contributed by atoms with Crippen LogP contribution in [0.1, 0.15) is 27.8 Å². The van der Waals surface area contributed by atoms with Crippen molar-refractivity contribution >= 4 is 17.4 Å². The molecule has 2 rings (SSSR count). The largest absolute Gasteiger partial charge is 0.356 e. The molecule has 0 saturated carbocycles. The molecule has 0 bridgehead atoms. The second-order valence-corrected chi connectivity index (χ2v) is 3.79. The number of para-hydroxylation sites is 1. The second-order valence-electron chi connectivity index (χ2n) is 3.79. The molecule has 2 N–H and O–H groups in total. The minimum absolute atomic E-state index is 0.0986. The molecule has 1 aromatic carbocycles. The monoisotopic (exact) mass is 246 g/mol. The van der Waals surface area contributed by atoms with Crippen molar-refractivity contribution in [1.29, 1.82) is 0 Å². The Morgan fingerprint density at radius 1 is 1.28 bits per heavy atom. The number of H-pyrrole nitrogens is 1. The standard InChI is InChI=1S/C13H11FN2O2/c1-8(17)9-6-12(15-7-9)13(18)16-11-5-3-2-4-10(11)14/h2-7,15H,1H3,(H,16,18). The van der Waals surface area contributed by atoms with Crippen molar-refractivity contribution in [2.75, 3.05) is 5.32 Å². The van der Waals surface area contributed by atoms with Crippen molar-refractivity contribution in [2.24, 2.45) is 0 Å². The highest BCUT2D eigenvalue weighted by atomic mass is 19.1. The Kier molecular flexibility index (Phi) is 3.23. The van der Waals surface area contributed by atoms with Gasteiger partial charge in [-0.2, -0.15) is 0 Å². The number of halogens is 1. The zero-order valence-corrected chi connectivity index (χ0v) is 9.66. The van der Waals surface area contributed by atoms with Crippen LogP contribution in [0.5, 0.6) is 0 Å². The van der Waals surface area contributed by atoms with E-state index >= 15 is 0 Å². The first-order valence-corrected chi connectivity index (χ1v) is 5.33. The van der Waals surface area contributed by atoms with E-state index in [1.165, 1.54) is 37.4 Å². The molecular weight excluding hydrogens is 235 g/mol. The molecule has 0 aliphatic rings. The summed E-state index contributed by atoms with van der Waals surface area (Å²) in [6.45, 7) is 1.40. The van der Waals surface area contributed by atoms with Crippen molar-refractivity contribution in [3.8, 4) is 0 Å². The number of aromatic nitrogens is 1.